The Morgan fingerprint density at radius 1 is 1.21 bits per heavy atom. The molecule has 0 bridgehead atoms. The molecule has 0 aromatic rings. The molecule has 0 heterocycles. The van der Waals surface area contributed by atoms with E-state index in [0.717, 1.165) is 19.3 Å². The van der Waals surface area contributed by atoms with Gasteiger partial charge >= 0.3 is 0 Å². The van der Waals surface area contributed by atoms with Crippen LogP contribution >= 0.6 is 0 Å². The van der Waals surface area contributed by atoms with Crippen LogP contribution in [0.1, 0.15) is 53.4 Å². The Morgan fingerprint density at radius 2 is 1.71 bits per heavy atom. The van der Waals surface area contributed by atoms with Crippen molar-refractivity contribution in [2.75, 3.05) is 0 Å². The summed E-state index contributed by atoms with van der Waals surface area (Å²) in [4.78, 5) is 0. The molecular formula is C10H22O3S. The fourth-order valence-electron chi connectivity index (χ4n) is 1.61. The number of rotatable bonds is 5. The average molecular weight is 222 g/mol. The lowest BCUT2D eigenvalue weighted by Gasteiger charge is -2.27. The summed E-state index contributed by atoms with van der Waals surface area (Å²) in [5.74, 6) is 0. The van der Waals surface area contributed by atoms with Crippen molar-refractivity contribution in [3.05, 3.63) is 0 Å². The maximum absolute atomic E-state index is 11.1. The summed E-state index contributed by atoms with van der Waals surface area (Å²) >= 11 is 0. The predicted octanol–water partition coefficient (Wildman–Crippen LogP) is 2.87. The summed E-state index contributed by atoms with van der Waals surface area (Å²) in [7, 11) is -3.90. The molecule has 1 unspecified atom stereocenters. The first kappa shape index (κ1) is 13.9. The number of unbranched alkanes of at least 4 members (excludes halogenated alkanes) is 2. The lowest BCUT2D eigenvalue weighted by molar-refractivity contribution is 0.332. The Morgan fingerprint density at radius 3 is 2.00 bits per heavy atom. The molecule has 0 saturated carbocycles. The van der Waals surface area contributed by atoms with Crippen molar-refractivity contribution < 1.29 is 13.0 Å². The molecule has 0 amide bonds. The first-order valence-corrected chi connectivity index (χ1v) is 6.66. The molecule has 1 atom stereocenters. The molecule has 1 N–H and O–H groups in total. The molecule has 0 aliphatic carbocycles. The Hall–Kier alpha value is -0.0900. The van der Waals surface area contributed by atoms with Crippen molar-refractivity contribution in [3.63, 3.8) is 0 Å². The van der Waals surface area contributed by atoms with Gasteiger partial charge in [0.15, 0.2) is 0 Å². The van der Waals surface area contributed by atoms with Crippen LogP contribution in [-0.4, -0.2) is 18.2 Å². The van der Waals surface area contributed by atoms with Crippen molar-refractivity contribution in [2.24, 2.45) is 5.41 Å². The van der Waals surface area contributed by atoms with E-state index in [0.29, 0.717) is 6.42 Å². The molecule has 0 aliphatic heterocycles. The van der Waals surface area contributed by atoms with E-state index in [1.807, 2.05) is 20.8 Å². The second-order valence-corrected chi connectivity index (χ2v) is 6.46. The van der Waals surface area contributed by atoms with Crippen LogP contribution in [0.25, 0.3) is 0 Å². The summed E-state index contributed by atoms with van der Waals surface area (Å²) in [6.45, 7) is 7.60. The van der Waals surface area contributed by atoms with Crippen molar-refractivity contribution in [1.82, 2.24) is 0 Å². The monoisotopic (exact) mass is 222 g/mol. The zero-order valence-corrected chi connectivity index (χ0v) is 10.4. The highest BCUT2D eigenvalue weighted by atomic mass is 32.2. The van der Waals surface area contributed by atoms with Crippen molar-refractivity contribution >= 4 is 10.1 Å². The Kier molecular flexibility index (Phi) is 5.09. The minimum atomic E-state index is -3.90. The van der Waals surface area contributed by atoms with Gasteiger partial charge in [0.25, 0.3) is 10.1 Å². The topological polar surface area (TPSA) is 54.4 Å². The van der Waals surface area contributed by atoms with E-state index in [2.05, 4.69) is 6.92 Å². The van der Waals surface area contributed by atoms with Gasteiger partial charge in [0.2, 0.25) is 0 Å². The average Bonchev–Trinajstić information content (AvgIpc) is 1.92. The Bertz CT molecular complexity index is 249. The van der Waals surface area contributed by atoms with Gasteiger partial charge in [-0.25, -0.2) is 0 Å². The normalized spacial score (nSPS) is 15.5. The van der Waals surface area contributed by atoms with Crippen molar-refractivity contribution in [1.29, 1.82) is 0 Å². The van der Waals surface area contributed by atoms with Crippen LogP contribution in [0.5, 0.6) is 0 Å². The quantitative estimate of drug-likeness (QED) is 0.575. The molecule has 86 valence electrons. The largest absolute Gasteiger partial charge is 0.285 e. The van der Waals surface area contributed by atoms with Gasteiger partial charge in [0.1, 0.15) is 0 Å². The van der Waals surface area contributed by atoms with Crippen molar-refractivity contribution in [3.8, 4) is 0 Å². The van der Waals surface area contributed by atoms with E-state index in [1.165, 1.54) is 0 Å². The zero-order valence-electron chi connectivity index (χ0n) is 9.58. The second kappa shape index (κ2) is 5.12. The standard InChI is InChI=1S/C10H22O3S/c1-5-6-7-8-9(10(2,3)4)14(11,12)13/h9H,5-8H2,1-4H3,(H,11,12,13). The summed E-state index contributed by atoms with van der Waals surface area (Å²) in [6.07, 6.45) is 3.48. The van der Waals surface area contributed by atoms with Gasteiger partial charge < -0.3 is 0 Å². The molecule has 0 saturated heterocycles. The number of hydrogen-bond donors (Lipinski definition) is 1. The highest BCUT2D eigenvalue weighted by Gasteiger charge is 2.34. The fourth-order valence-corrected chi connectivity index (χ4v) is 2.97. The maximum Gasteiger partial charge on any atom is 0.268 e. The van der Waals surface area contributed by atoms with Gasteiger partial charge in [-0.15, -0.1) is 0 Å². The van der Waals surface area contributed by atoms with Crippen LogP contribution < -0.4 is 0 Å². The molecule has 0 rings (SSSR count). The van der Waals surface area contributed by atoms with Crippen LogP contribution in [0.15, 0.2) is 0 Å². The van der Waals surface area contributed by atoms with E-state index in [-0.39, 0.29) is 5.41 Å². The fraction of sp³-hybridized carbons (Fsp3) is 1.00. The van der Waals surface area contributed by atoms with Crippen molar-refractivity contribution in [2.45, 2.75) is 58.6 Å². The van der Waals surface area contributed by atoms with Crippen LogP contribution in [0.2, 0.25) is 0 Å². The van der Waals surface area contributed by atoms with Gasteiger partial charge in [-0.2, -0.15) is 8.42 Å². The van der Waals surface area contributed by atoms with Crippen LogP contribution in [0.3, 0.4) is 0 Å². The first-order chi connectivity index (χ1) is 6.19. The molecule has 0 aromatic heterocycles. The van der Waals surface area contributed by atoms with Crippen LogP contribution in [-0.2, 0) is 10.1 Å². The van der Waals surface area contributed by atoms with Gasteiger partial charge in [-0.1, -0.05) is 47.0 Å². The van der Waals surface area contributed by atoms with Gasteiger partial charge in [0.05, 0.1) is 5.25 Å². The molecule has 0 radical (unpaired) electrons. The zero-order chi connectivity index (χ0) is 11.4. The lowest BCUT2D eigenvalue weighted by atomic mass is 9.88. The Labute approximate surface area is 87.7 Å². The van der Waals surface area contributed by atoms with Crippen LogP contribution in [0, 0.1) is 5.41 Å². The summed E-state index contributed by atoms with van der Waals surface area (Å²) < 4.78 is 31.3. The van der Waals surface area contributed by atoms with E-state index in [9.17, 15) is 8.42 Å². The third-order valence-electron chi connectivity index (χ3n) is 2.40. The van der Waals surface area contributed by atoms with Gasteiger partial charge in [-0.05, 0) is 11.8 Å². The third kappa shape index (κ3) is 4.96. The van der Waals surface area contributed by atoms with E-state index in [4.69, 9.17) is 4.55 Å². The maximum atomic E-state index is 11.1. The SMILES string of the molecule is CCCCCC(C(C)(C)C)S(=O)(=O)O. The van der Waals surface area contributed by atoms with Crippen LogP contribution in [0.4, 0.5) is 0 Å². The molecular weight excluding hydrogens is 200 g/mol. The molecule has 0 spiro atoms. The summed E-state index contributed by atoms with van der Waals surface area (Å²) in [5, 5.41) is -0.637. The van der Waals surface area contributed by atoms with Gasteiger partial charge in [0, 0.05) is 0 Å². The Balaban J connectivity index is 4.45. The molecule has 0 aliphatic rings. The van der Waals surface area contributed by atoms with E-state index in [1.54, 1.807) is 0 Å². The molecule has 14 heavy (non-hydrogen) atoms. The van der Waals surface area contributed by atoms with E-state index >= 15 is 0 Å². The smallest absolute Gasteiger partial charge is 0.268 e. The van der Waals surface area contributed by atoms with Gasteiger partial charge in [-0.3, -0.25) is 4.55 Å². The lowest BCUT2D eigenvalue weighted by Crippen LogP contribution is -2.34. The third-order valence-corrected chi connectivity index (χ3v) is 4.06. The van der Waals surface area contributed by atoms with E-state index < -0.39 is 15.4 Å². The summed E-state index contributed by atoms with van der Waals surface area (Å²) in [5.41, 5.74) is -0.388. The molecule has 0 aromatic carbocycles. The molecule has 4 heteroatoms. The summed E-state index contributed by atoms with van der Waals surface area (Å²) in [6, 6.07) is 0. The molecule has 0 fully saturated rings. The molecule has 3 nitrogen and oxygen atoms in total. The highest BCUT2D eigenvalue weighted by molar-refractivity contribution is 7.86. The highest BCUT2D eigenvalue weighted by Crippen LogP contribution is 2.29. The number of hydrogen-bond acceptors (Lipinski definition) is 2. The second-order valence-electron chi connectivity index (χ2n) is 4.87. The minimum Gasteiger partial charge on any atom is -0.285 e. The minimum absolute atomic E-state index is 0.388. The first-order valence-electron chi connectivity index (χ1n) is 5.16. The predicted molar refractivity (Wildman–Crippen MR) is 58.9 cm³/mol.